The number of para-hydroxylation sites is 1. The number of unbranched alkanes of at least 4 members (excludes halogenated alkanes) is 1. The third-order valence-corrected chi connectivity index (χ3v) is 4.77. The number of benzene rings is 2. The summed E-state index contributed by atoms with van der Waals surface area (Å²) in [5.41, 5.74) is 2.38. The molecule has 5 nitrogen and oxygen atoms in total. The van der Waals surface area contributed by atoms with Crippen molar-refractivity contribution in [3.8, 4) is 0 Å². The van der Waals surface area contributed by atoms with Gasteiger partial charge < -0.3 is 9.84 Å². The summed E-state index contributed by atoms with van der Waals surface area (Å²) in [6, 6.07) is 18.7. The molecular weight excluding hydrogens is 342 g/mol. The molecule has 0 saturated carbocycles. The third-order valence-electron chi connectivity index (χ3n) is 4.77. The summed E-state index contributed by atoms with van der Waals surface area (Å²) in [6.45, 7) is 0. The Morgan fingerprint density at radius 3 is 2.30 bits per heavy atom. The van der Waals surface area contributed by atoms with Crippen molar-refractivity contribution in [2.24, 2.45) is 0 Å². The molecule has 0 aliphatic carbocycles. The number of ether oxygens (including phenoxy) is 1. The van der Waals surface area contributed by atoms with E-state index in [-0.39, 0.29) is 17.8 Å². The van der Waals surface area contributed by atoms with Crippen LogP contribution in [-0.4, -0.2) is 24.1 Å². The Bertz CT molecular complexity index is 830. The largest absolute Gasteiger partial charge is 0.503 e. The summed E-state index contributed by atoms with van der Waals surface area (Å²) in [5, 5.41) is 10.6. The molecule has 0 aromatic heterocycles. The lowest BCUT2D eigenvalue weighted by Gasteiger charge is -2.27. The number of methoxy groups -OCH3 is 1. The molecule has 3 rings (SSSR count). The Kier molecular flexibility index (Phi) is 5.91. The molecule has 5 heteroatoms. The summed E-state index contributed by atoms with van der Waals surface area (Å²) in [5.74, 6) is -0.829. The van der Waals surface area contributed by atoms with Gasteiger partial charge in [0.25, 0.3) is 5.91 Å². The highest BCUT2D eigenvalue weighted by Crippen LogP contribution is 2.42. The van der Waals surface area contributed by atoms with Gasteiger partial charge in [0.2, 0.25) is 0 Å². The Balaban J connectivity index is 1.87. The Labute approximate surface area is 158 Å². The molecule has 0 bridgehead atoms. The van der Waals surface area contributed by atoms with Crippen LogP contribution in [0.4, 0.5) is 5.69 Å². The fraction of sp³-hybridized carbons (Fsp3) is 0.273. The highest BCUT2D eigenvalue weighted by molar-refractivity contribution is 6.08. The van der Waals surface area contributed by atoms with Crippen LogP contribution in [0, 0.1) is 0 Å². The fourth-order valence-electron chi connectivity index (χ4n) is 3.44. The van der Waals surface area contributed by atoms with Crippen LogP contribution in [0.1, 0.15) is 37.3 Å². The van der Waals surface area contributed by atoms with E-state index in [1.807, 2.05) is 60.7 Å². The standard InChI is InChI=1S/C22H23NO4/c1-27-19(24)15-9-8-14-18-20(16-10-4-2-5-11-16)23(22(26)21(18)25)17-12-6-3-7-13-17/h2-7,10-13,20,25H,8-9,14-15H2,1H3. The van der Waals surface area contributed by atoms with E-state index in [0.29, 0.717) is 31.3 Å². The number of hydrogen-bond acceptors (Lipinski definition) is 4. The van der Waals surface area contributed by atoms with Crippen LogP contribution in [0.15, 0.2) is 72.0 Å². The number of anilines is 1. The van der Waals surface area contributed by atoms with E-state index in [9.17, 15) is 14.7 Å². The highest BCUT2D eigenvalue weighted by atomic mass is 16.5. The van der Waals surface area contributed by atoms with Gasteiger partial charge in [-0.2, -0.15) is 0 Å². The minimum Gasteiger partial charge on any atom is -0.503 e. The van der Waals surface area contributed by atoms with E-state index >= 15 is 0 Å². The first kappa shape index (κ1) is 18.7. The SMILES string of the molecule is COC(=O)CCCCC1=C(O)C(=O)N(c2ccccc2)C1c1ccccc1. The zero-order valence-corrected chi connectivity index (χ0v) is 15.3. The van der Waals surface area contributed by atoms with E-state index in [2.05, 4.69) is 4.74 Å². The average Bonchev–Trinajstić information content (AvgIpc) is 2.97. The topological polar surface area (TPSA) is 66.8 Å². The Morgan fingerprint density at radius 1 is 1.04 bits per heavy atom. The lowest BCUT2D eigenvalue weighted by Crippen LogP contribution is -2.30. The van der Waals surface area contributed by atoms with Gasteiger partial charge in [0.05, 0.1) is 13.2 Å². The number of carbonyl (C=O) groups excluding carboxylic acids is 2. The van der Waals surface area contributed by atoms with Gasteiger partial charge in [-0.25, -0.2) is 0 Å². The monoisotopic (exact) mass is 365 g/mol. The smallest absolute Gasteiger partial charge is 0.305 e. The predicted molar refractivity (Wildman–Crippen MR) is 103 cm³/mol. The molecule has 1 aliphatic rings. The van der Waals surface area contributed by atoms with Gasteiger partial charge in [-0.1, -0.05) is 48.5 Å². The molecule has 27 heavy (non-hydrogen) atoms. The van der Waals surface area contributed by atoms with Crippen LogP contribution in [0.2, 0.25) is 0 Å². The lowest BCUT2D eigenvalue weighted by molar-refractivity contribution is -0.140. The first-order valence-corrected chi connectivity index (χ1v) is 9.06. The van der Waals surface area contributed by atoms with Crippen molar-refractivity contribution in [3.63, 3.8) is 0 Å². The van der Waals surface area contributed by atoms with Gasteiger partial charge in [0, 0.05) is 17.7 Å². The molecule has 0 radical (unpaired) electrons. The maximum atomic E-state index is 12.8. The van der Waals surface area contributed by atoms with Crippen LogP contribution >= 0.6 is 0 Å². The molecule has 1 amide bonds. The van der Waals surface area contributed by atoms with Gasteiger partial charge in [-0.05, 0) is 37.0 Å². The van der Waals surface area contributed by atoms with E-state index in [0.717, 1.165) is 11.3 Å². The zero-order chi connectivity index (χ0) is 19.2. The molecule has 1 unspecified atom stereocenters. The molecule has 2 aromatic rings. The first-order chi connectivity index (χ1) is 13.1. The summed E-state index contributed by atoms with van der Waals surface area (Å²) >= 11 is 0. The fourth-order valence-corrected chi connectivity index (χ4v) is 3.44. The third kappa shape index (κ3) is 4.03. The summed E-state index contributed by atoms with van der Waals surface area (Å²) in [4.78, 5) is 25.8. The quantitative estimate of drug-likeness (QED) is 0.586. The molecule has 140 valence electrons. The minimum atomic E-state index is -0.391. The zero-order valence-electron chi connectivity index (χ0n) is 15.3. The molecule has 1 aliphatic heterocycles. The summed E-state index contributed by atoms with van der Waals surface area (Å²) < 4.78 is 4.66. The maximum Gasteiger partial charge on any atom is 0.305 e. The Hall–Kier alpha value is -3.08. The van der Waals surface area contributed by atoms with Crippen molar-refractivity contribution < 1.29 is 19.4 Å². The number of esters is 1. The second-order valence-corrected chi connectivity index (χ2v) is 6.48. The van der Waals surface area contributed by atoms with E-state index in [4.69, 9.17) is 0 Å². The predicted octanol–water partition coefficient (Wildman–Crippen LogP) is 4.32. The highest BCUT2D eigenvalue weighted by Gasteiger charge is 2.40. The van der Waals surface area contributed by atoms with Gasteiger partial charge in [0.15, 0.2) is 5.76 Å². The molecule has 0 saturated heterocycles. The second kappa shape index (κ2) is 8.54. The van der Waals surface area contributed by atoms with Gasteiger partial charge in [-0.3, -0.25) is 14.5 Å². The maximum absolute atomic E-state index is 12.8. The van der Waals surface area contributed by atoms with Crippen LogP contribution < -0.4 is 4.90 Å². The number of nitrogens with zero attached hydrogens (tertiary/aromatic N) is 1. The number of carbonyl (C=O) groups is 2. The van der Waals surface area contributed by atoms with Gasteiger partial charge >= 0.3 is 5.97 Å². The van der Waals surface area contributed by atoms with E-state index in [1.54, 1.807) is 4.90 Å². The number of rotatable bonds is 7. The normalized spacial score (nSPS) is 16.7. The minimum absolute atomic E-state index is 0.189. The van der Waals surface area contributed by atoms with Crippen molar-refractivity contribution in [1.29, 1.82) is 0 Å². The Morgan fingerprint density at radius 2 is 1.67 bits per heavy atom. The molecule has 0 fully saturated rings. The first-order valence-electron chi connectivity index (χ1n) is 9.06. The summed E-state index contributed by atoms with van der Waals surface area (Å²) in [6.07, 6.45) is 2.20. The molecule has 1 N–H and O–H groups in total. The lowest BCUT2D eigenvalue weighted by atomic mass is 9.94. The summed E-state index contributed by atoms with van der Waals surface area (Å²) in [7, 11) is 1.37. The van der Waals surface area contributed by atoms with Crippen LogP contribution in [0.25, 0.3) is 0 Å². The van der Waals surface area contributed by atoms with Gasteiger partial charge in [-0.15, -0.1) is 0 Å². The van der Waals surface area contributed by atoms with Crippen molar-refractivity contribution in [1.82, 2.24) is 0 Å². The molecule has 1 heterocycles. The van der Waals surface area contributed by atoms with Crippen molar-refractivity contribution in [2.75, 3.05) is 12.0 Å². The number of aliphatic hydroxyl groups is 1. The van der Waals surface area contributed by atoms with Crippen molar-refractivity contribution in [2.45, 2.75) is 31.7 Å². The van der Waals surface area contributed by atoms with Crippen LogP contribution in [0.5, 0.6) is 0 Å². The average molecular weight is 365 g/mol. The van der Waals surface area contributed by atoms with E-state index < -0.39 is 5.91 Å². The number of amides is 1. The van der Waals surface area contributed by atoms with E-state index in [1.165, 1.54) is 7.11 Å². The number of aliphatic hydroxyl groups excluding tert-OH is 1. The second-order valence-electron chi connectivity index (χ2n) is 6.48. The molecule has 1 atom stereocenters. The van der Waals surface area contributed by atoms with Gasteiger partial charge in [0.1, 0.15) is 0 Å². The van der Waals surface area contributed by atoms with Crippen LogP contribution in [-0.2, 0) is 14.3 Å². The van der Waals surface area contributed by atoms with Crippen molar-refractivity contribution in [3.05, 3.63) is 77.6 Å². The molecular formula is C22H23NO4. The van der Waals surface area contributed by atoms with Crippen LogP contribution in [0.3, 0.4) is 0 Å². The number of hydrogen-bond donors (Lipinski definition) is 1. The molecule has 0 spiro atoms. The molecule has 2 aromatic carbocycles. The van der Waals surface area contributed by atoms with Crippen molar-refractivity contribution >= 4 is 17.6 Å².